The van der Waals surface area contributed by atoms with E-state index in [1.54, 1.807) is 4.90 Å². The monoisotopic (exact) mass is 382 g/mol. The van der Waals surface area contributed by atoms with Crippen LogP contribution < -0.4 is 5.32 Å². The minimum atomic E-state index is -0.552. The topological polar surface area (TPSA) is 65.1 Å². The lowest BCUT2D eigenvalue weighted by molar-refractivity contribution is -0.126. The van der Waals surface area contributed by atoms with Crippen molar-refractivity contribution in [2.45, 2.75) is 71.6 Å². The van der Waals surface area contributed by atoms with Gasteiger partial charge in [-0.05, 0) is 54.0 Å². The van der Waals surface area contributed by atoms with Crippen LogP contribution in [-0.4, -0.2) is 89.7 Å². The highest BCUT2D eigenvalue weighted by atomic mass is 16.6. The van der Waals surface area contributed by atoms with E-state index in [4.69, 9.17) is 4.74 Å². The van der Waals surface area contributed by atoms with Crippen LogP contribution >= 0.6 is 0 Å². The number of carbonyl (C=O) groups is 2. The molecule has 2 saturated heterocycles. The molecule has 0 saturated carbocycles. The van der Waals surface area contributed by atoms with Gasteiger partial charge in [-0.2, -0.15) is 0 Å². The fraction of sp³-hybridized carbons (Fsp3) is 0.900. The summed E-state index contributed by atoms with van der Waals surface area (Å²) in [5.41, 5.74) is -0.659. The normalized spacial score (nSPS) is 22.7. The minimum absolute atomic E-state index is 0.0707. The van der Waals surface area contributed by atoms with E-state index in [9.17, 15) is 9.59 Å². The lowest BCUT2D eigenvalue weighted by Crippen LogP contribution is -2.59. The first-order chi connectivity index (χ1) is 12.5. The van der Waals surface area contributed by atoms with Crippen LogP contribution in [0.2, 0.25) is 0 Å². The van der Waals surface area contributed by atoms with E-state index < -0.39 is 17.7 Å². The molecule has 0 aromatic carbocycles. The summed E-state index contributed by atoms with van der Waals surface area (Å²) in [7, 11) is 0. The smallest absolute Gasteiger partial charge is 0.410 e. The maximum absolute atomic E-state index is 12.8. The van der Waals surface area contributed by atoms with Gasteiger partial charge < -0.3 is 15.0 Å². The molecule has 7 nitrogen and oxygen atoms in total. The van der Waals surface area contributed by atoms with Gasteiger partial charge >= 0.3 is 6.09 Å². The molecule has 2 aliphatic rings. The fourth-order valence-electron chi connectivity index (χ4n) is 3.78. The van der Waals surface area contributed by atoms with Gasteiger partial charge in [0.2, 0.25) is 5.91 Å². The molecule has 0 aromatic heterocycles. The number of hydrogen-bond acceptors (Lipinski definition) is 5. The van der Waals surface area contributed by atoms with E-state index in [0.717, 1.165) is 39.1 Å². The zero-order valence-corrected chi connectivity index (χ0v) is 18.0. The SMILES string of the molecule is CCN1CCN(C(C)(C)CNC(=O)C2CCCN2C(=O)OC(C)(C)C)CC1. The summed E-state index contributed by atoms with van der Waals surface area (Å²) in [5.74, 6) is -0.0707. The third-order valence-electron chi connectivity index (χ3n) is 5.55. The summed E-state index contributed by atoms with van der Waals surface area (Å²) in [6.45, 7) is 18.5. The Hall–Kier alpha value is -1.34. The number of likely N-dealkylation sites (tertiary alicyclic amines) is 1. The standard InChI is InChI=1S/C20H38N4O3/c1-7-22-11-13-23(14-12-22)20(5,6)15-21-17(25)16-9-8-10-24(16)18(26)27-19(2,3)4/h16H,7-15H2,1-6H3,(H,21,25). The van der Waals surface area contributed by atoms with Gasteiger partial charge in [0, 0.05) is 44.8 Å². The Morgan fingerprint density at radius 2 is 1.67 bits per heavy atom. The van der Waals surface area contributed by atoms with Crippen molar-refractivity contribution >= 4 is 12.0 Å². The molecule has 0 radical (unpaired) electrons. The van der Waals surface area contributed by atoms with Crippen molar-refractivity contribution in [3.8, 4) is 0 Å². The van der Waals surface area contributed by atoms with Crippen molar-refractivity contribution < 1.29 is 14.3 Å². The van der Waals surface area contributed by atoms with Crippen LogP contribution in [0.25, 0.3) is 0 Å². The summed E-state index contributed by atoms with van der Waals surface area (Å²) in [6.07, 6.45) is 1.13. The number of amides is 2. The number of rotatable bonds is 5. The van der Waals surface area contributed by atoms with Crippen LogP contribution in [0.4, 0.5) is 4.79 Å². The number of nitrogens with zero attached hydrogens (tertiary/aromatic N) is 3. The fourth-order valence-corrected chi connectivity index (χ4v) is 3.78. The summed E-state index contributed by atoms with van der Waals surface area (Å²) < 4.78 is 5.46. The average Bonchev–Trinajstić information content (AvgIpc) is 3.08. The second-order valence-electron chi connectivity index (χ2n) is 9.28. The first-order valence-corrected chi connectivity index (χ1v) is 10.3. The molecule has 2 amide bonds. The first-order valence-electron chi connectivity index (χ1n) is 10.3. The van der Waals surface area contributed by atoms with E-state index in [0.29, 0.717) is 19.5 Å². The Balaban J connectivity index is 1.87. The number of carbonyl (C=O) groups excluding carboxylic acids is 2. The molecule has 0 aromatic rings. The van der Waals surface area contributed by atoms with Crippen molar-refractivity contribution in [3.63, 3.8) is 0 Å². The van der Waals surface area contributed by atoms with Crippen LogP contribution in [-0.2, 0) is 9.53 Å². The Bertz CT molecular complexity index is 522. The van der Waals surface area contributed by atoms with Crippen LogP contribution in [0.3, 0.4) is 0 Å². The number of ether oxygens (including phenoxy) is 1. The molecule has 1 atom stereocenters. The highest BCUT2D eigenvalue weighted by molar-refractivity contribution is 5.86. The van der Waals surface area contributed by atoms with Crippen LogP contribution in [0.1, 0.15) is 54.4 Å². The average molecular weight is 383 g/mol. The zero-order valence-electron chi connectivity index (χ0n) is 18.0. The Labute approximate surface area is 164 Å². The van der Waals surface area contributed by atoms with Crippen LogP contribution in [0.5, 0.6) is 0 Å². The Morgan fingerprint density at radius 1 is 1.04 bits per heavy atom. The number of piperazine rings is 1. The lowest BCUT2D eigenvalue weighted by Gasteiger charge is -2.44. The Morgan fingerprint density at radius 3 is 2.22 bits per heavy atom. The highest BCUT2D eigenvalue weighted by Gasteiger charge is 2.37. The molecule has 2 fully saturated rings. The summed E-state index contributed by atoms with van der Waals surface area (Å²) in [6, 6.07) is -0.424. The van der Waals surface area contributed by atoms with Gasteiger partial charge in [-0.15, -0.1) is 0 Å². The largest absolute Gasteiger partial charge is 0.444 e. The predicted octanol–water partition coefficient (Wildman–Crippen LogP) is 1.92. The molecular formula is C20H38N4O3. The number of likely N-dealkylation sites (N-methyl/N-ethyl adjacent to an activating group) is 1. The van der Waals surface area contributed by atoms with Gasteiger partial charge in [0.05, 0.1) is 0 Å². The van der Waals surface area contributed by atoms with Gasteiger partial charge in [-0.3, -0.25) is 14.6 Å². The molecule has 2 aliphatic heterocycles. The summed E-state index contributed by atoms with van der Waals surface area (Å²) >= 11 is 0. The number of nitrogens with one attached hydrogen (secondary N) is 1. The van der Waals surface area contributed by atoms with Gasteiger partial charge in [0.15, 0.2) is 0 Å². The molecule has 1 N–H and O–H groups in total. The third-order valence-corrected chi connectivity index (χ3v) is 5.55. The maximum Gasteiger partial charge on any atom is 0.410 e. The van der Waals surface area contributed by atoms with Gasteiger partial charge in [0.1, 0.15) is 11.6 Å². The molecular weight excluding hydrogens is 344 g/mol. The van der Waals surface area contributed by atoms with Crippen molar-refractivity contribution in [2.75, 3.05) is 45.8 Å². The van der Waals surface area contributed by atoms with Crippen LogP contribution in [0.15, 0.2) is 0 Å². The maximum atomic E-state index is 12.8. The van der Waals surface area contributed by atoms with E-state index in [-0.39, 0.29) is 11.4 Å². The minimum Gasteiger partial charge on any atom is -0.444 e. The van der Waals surface area contributed by atoms with E-state index in [1.165, 1.54) is 0 Å². The van der Waals surface area contributed by atoms with Crippen molar-refractivity contribution in [2.24, 2.45) is 0 Å². The quantitative estimate of drug-likeness (QED) is 0.787. The molecule has 2 rings (SSSR count). The second kappa shape index (κ2) is 8.78. The third kappa shape index (κ3) is 6.07. The van der Waals surface area contributed by atoms with E-state index in [1.807, 2.05) is 20.8 Å². The van der Waals surface area contributed by atoms with Gasteiger partial charge in [0.25, 0.3) is 0 Å². The van der Waals surface area contributed by atoms with Crippen molar-refractivity contribution in [1.82, 2.24) is 20.0 Å². The molecule has 0 spiro atoms. The highest BCUT2D eigenvalue weighted by Crippen LogP contribution is 2.22. The summed E-state index contributed by atoms with van der Waals surface area (Å²) in [5, 5.41) is 3.09. The van der Waals surface area contributed by atoms with Crippen LogP contribution in [0, 0.1) is 0 Å². The van der Waals surface area contributed by atoms with Crippen molar-refractivity contribution in [1.29, 1.82) is 0 Å². The van der Waals surface area contributed by atoms with E-state index >= 15 is 0 Å². The summed E-state index contributed by atoms with van der Waals surface area (Å²) in [4.78, 5) is 31.6. The van der Waals surface area contributed by atoms with Gasteiger partial charge in [-0.1, -0.05) is 6.92 Å². The second-order valence-corrected chi connectivity index (χ2v) is 9.28. The molecule has 156 valence electrons. The zero-order chi connectivity index (χ0) is 20.2. The number of hydrogen-bond donors (Lipinski definition) is 1. The van der Waals surface area contributed by atoms with E-state index in [2.05, 4.69) is 35.9 Å². The molecule has 2 heterocycles. The molecule has 0 aliphatic carbocycles. The molecule has 7 heteroatoms. The van der Waals surface area contributed by atoms with Crippen molar-refractivity contribution in [3.05, 3.63) is 0 Å². The molecule has 27 heavy (non-hydrogen) atoms. The predicted molar refractivity (Wildman–Crippen MR) is 107 cm³/mol. The Kier molecular flexibility index (Phi) is 7.14. The molecule has 1 unspecified atom stereocenters. The van der Waals surface area contributed by atoms with Gasteiger partial charge in [-0.25, -0.2) is 4.79 Å². The molecule has 0 bridgehead atoms. The first kappa shape index (κ1) is 22.0. The lowest BCUT2D eigenvalue weighted by atomic mass is 10.0.